The number of sulfonamides is 1. The molecule has 0 bridgehead atoms. The number of esters is 1. The van der Waals surface area contributed by atoms with Crippen LogP contribution in [0.25, 0.3) is 0 Å². The monoisotopic (exact) mass is 391 g/mol. The molecule has 0 unspecified atom stereocenters. The first-order valence-corrected chi connectivity index (χ1v) is 8.75. The second-order valence-corrected chi connectivity index (χ2v) is 7.32. The van der Waals surface area contributed by atoms with Gasteiger partial charge < -0.3 is 4.74 Å². The van der Waals surface area contributed by atoms with Crippen LogP contribution >= 0.6 is 23.2 Å². The Bertz CT molecular complexity index is 874. The minimum atomic E-state index is -4.19. The van der Waals surface area contributed by atoms with E-state index in [1.54, 1.807) is 0 Å². The topological polar surface area (TPSA) is 63.7 Å². The summed E-state index contributed by atoms with van der Waals surface area (Å²) < 4.78 is 44.4. The summed E-state index contributed by atoms with van der Waals surface area (Å²) in [6.45, 7) is -0.622. The van der Waals surface area contributed by atoms with Crippen molar-refractivity contribution in [2.45, 2.75) is 4.90 Å². The highest BCUT2D eigenvalue weighted by atomic mass is 35.5. The van der Waals surface area contributed by atoms with Gasteiger partial charge in [0.05, 0.1) is 27.7 Å². The molecule has 0 aliphatic heterocycles. The number of nitrogens with zero attached hydrogens (tertiary/aromatic N) is 1. The van der Waals surface area contributed by atoms with E-state index in [9.17, 15) is 17.6 Å². The molecule has 0 spiro atoms. The van der Waals surface area contributed by atoms with Gasteiger partial charge in [0.1, 0.15) is 12.4 Å². The first-order chi connectivity index (χ1) is 11.3. The van der Waals surface area contributed by atoms with Crippen LogP contribution in [0.2, 0.25) is 10.0 Å². The second kappa shape index (κ2) is 7.38. The lowest BCUT2D eigenvalue weighted by atomic mass is 10.3. The van der Waals surface area contributed by atoms with Crippen LogP contribution in [0, 0.1) is 5.82 Å². The van der Waals surface area contributed by atoms with E-state index in [0.29, 0.717) is 0 Å². The zero-order valence-electron chi connectivity index (χ0n) is 12.4. The minimum absolute atomic E-state index is 0.0218. The van der Waals surface area contributed by atoms with E-state index in [1.807, 2.05) is 0 Å². The smallest absolute Gasteiger partial charge is 0.326 e. The number of hydrogen-bond donors (Lipinski definition) is 0. The Kier molecular flexibility index (Phi) is 5.69. The van der Waals surface area contributed by atoms with Crippen LogP contribution in [0.4, 0.5) is 10.1 Å². The summed E-state index contributed by atoms with van der Waals surface area (Å²) in [7, 11) is -3.07. The molecule has 2 rings (SSSR count). The molecule has 9 heteroatoms. The van der Waals surface area contributed by atoms with Crippen molar-refractivity contribution < 1.29 is 22.3 Å². The minimum Gasteiger partial charge on any atom is -0.468 e. The van der Waals surface area contributed by atoms with Gasteiger partial charge in [-0.05, 0) is 36.4 Å². The number of rotatable bonds is 5. The van der Waals surface area contributed by atoms with E-state index < -0.39 is 28.4 Å². The third kappa shape index (κ3) is 3.98. The maximum atomic E-state index is 13.5. The van der Waals surface area contributed by atoms with Crippen molar-refractivity contribution in [3.8, 4) is 0 Å². The molecule has 0 atom stereocenters. The van der Waals surface area contributed by atoms with E-state index in [0.717, 1.165) is 29.6 Å². The predicted molar refractivity (Wildman–Crippen MR) is 89.4 cm³/mol. The van der Waals surface area contributed by atoms with Crippen LogP contribution in [0.15, 0.2) is 47.4 Å². The number of benzene rings is 2. The summed E-state index contributed by atoms with van der Waals surface area (Å²) in [5.41, 5.74) is -0.0218. The van der Waals surface area contributed by atoms with E-state index >= 15 is 0 Å². The lowest BCUT2D eigenvalue weighted by molar-refractivity contribution is -0.138. The van der Waals surface area contributed by atoms with Crippen LogP contribution in [0.5, 0.6) is 0 Å². The van der Waals surface area contributed by atoms with Crippen LogP contribution in [0.3, 0.4) is 0 Å². The molecule has 0 heterocycles. The van der Waals surface area contributed by atoms with E-state index in [2.05, 4.69) is 4.74 Å². The van der Waals surface area contributed by atoms with Gasteiger partial charge in [0.15, 0.2) is 0 Å². The SMILES string of the molecule is COC(=O)CN(c1cccc(F)c1)S(=O)(=O)c1ccc(Cl)c(Cl)c1. The summed E-state index contributed by atoms with van der Waals surface area (Å²) in [4.78, 5) is 11.4. The molecule has 0 aliphatic rings. The molecular weight excluding hydrogens is 380 g/mol. The van der Waals surface area contributed by atoms with Crippen molar-refractivity contribution in [1.29, 1.82) is 0 Å². The van der Waals surface area contributed by atoms with Crippen molar-refractivity contribution in [2.75, 3.05) is 18.0 Å². The highest BCUT2D eigenvalue weighted by Gasteiger charge is 2.28. The second-order valence-electron chi connectivity index (χ2n) is 4.64. The molecule has 2 aromatic rings. The molecule has 2 aromatic carbocycles. The molecule has 0 radical (unpaired) electrons. The van der Waals surface area contributed by atoms with Crippen molar-refractivity contribution in [1.82, 2.24) is 0 Å². The molecule has 0 amide bonds. The Morgan fingerprint density at radius 2 is 1.88 bits per heavy atom. The van der Waals surface area contributed by atoms with Gasteiger partial charge >= 0.3 is 5.97 Å². The Morgan fingerprint density at radius 3 is 2.46 bits per heavy atom. The van der Waals surface area contributed by atoms with Gasteiger partial charge in [0.25, 0.3) is 10.0 Å². The maximum Gasteiger partial charge on any atom is 0.326 e. The molecule has 0 aromatic heterocycles. The van der Waals surface area contributed by atoms with Crippen molar-refractivity contribution in [3.05, 3.63) is 58.3 Å². The first kappa shape index (κ1) is 18.5. The molecule has 5 nitrogen and oxygen atoms in total. The molecule has 0 saturated heterocycles. The Labute approximate surface area is 148 Å². The highest BCUT2D eigenvalue weighted by Crippen LogP contribution is 2.29. The van der Waals surface area contributed by atoms with Gasteiger partial charge in [-0.1, -0.05) is 29.3 Å². The normalized spacial score (nSPS) is 11.2. The van der Waals surface area contributed by atoms with Crippen molar-refractivity contribution in [2.24, 2.45) is 0 Å². The molecule has 0 fully saturated rings. The molecule has 0 aliphatic carbocycles. The van der Waals surface area contributed by atoms with Crippen molar-refractivity contribution >= 4 is 44.9 Å². The fraction of sp³-hybridized carbons (Fsp3) is 0.133. The third-order valence-electron chi connectivity index (χ3n) is 3.08. The maximum absolute atomic E-state index is 13.5. The largest absolute Gasteiger partial charge is 0.468 e. The van der Waals surface area contributed by atoms with E-state index in [-0.39, 0.29) is 20.6 Å². The highest BCUT2D eigenvalue weighted by molar-refractivity contribution is 7.92. The summed E-state index contributed by atoms with van der Waals surface area (Å²) >= 11 is 11.7. The Balaban J connectivity index is 2.56. The predicted octanol–water partition coefficient (Wildman–Crippen LogP) is 3.50. The summed E-state index contributed by atoms with van der Waals surface area (Å²) in [5.74, 6) is -1.45. The van der Waals surface area contributed by atoms with Crippen LogP contribution < -0.4 is 4.31 Å². The number of carbonyl (C=O) groups is 1. The summed E-state index contributed by atoms with van der Waals surface area (Å²) in [6, 6.07) is 8.57. The number of anilines is 1. The quantitative estimate of drug-likeness (QED) is 0.731. The first-order valence-electron chi connectivity index (χ1n) is 6.56. The van der Waals surface area contributed by atoms with E-state index in [4.69, 9.17) is 23.2 Å². The van der Waals surface area contributed by atoms with Crippen LogP contribution in [0.1, 0.15) is 0 Å². The average Bonchev–Trinajstić information content (AvgIpc) is 2.54. The van der Waals surface area contributed by atoms with Gasteiger partial charge in [-0.2, -0.15) is 0 Å². The summed E-state index contributed by atoms with van der Waals surface area (Å²) in [6.07, 6.45) is 0. The van der Waals surface area contributed by atoms with Crippen LogP contribution in [-0.4, -0.2) is 28.0 Å². The Morgan fingerprint density at radius 1 is 1.17 bits per heavy atom. The molecule has 0 N–H and O–H groups in total. The van der Waals surface area contributed by atoms with Gasteiger partial charge in [-0.15, -0.1) is 0 Å². The molecule has 0 saturated carbocycles. The Hall–Kier alpha value is -1.83. The lowest BCUT2D eigenvalue weighted by Crippen LogP contribution is -2.36. The molecule has 24 heavy (non-hydrogen) atoms. The van der Waals surface area contributed by atoms with Gasteiger partial charge in [-0.25, -0.2) is 12.8 Å². The number of halogens is 3. The van der Waals surface area contributed by atoms with Gasteiger partial charge in [0.2, 0.25) is 0 Å². The zero-order chi connectivity index (χ0) is 17.9. The molecular formula is C15H12Cl2FNO4S. The fourth-order valence-electron chi connectivity index (χ4n) is 1.89. The van der Waals surface area contributed by atoms with Gasteiger partial charge in [0, 0.05) is 0 Å². The molecule has 128 valence electrons. The number of hydrogen-bond acceptors (Lipinski definition) is 4. The lowest BCUT2D eigenvalue weighted by Gasteiger charge is -2.23. The van der Waals surface area contributed by atoms with Crippen molar-refractivity contribution in [3.63, 3.8) is 0 Å². The van der Waals surface area contributed by atoms with Crippen LogP contribution in [-0.2, 0) is 19.6 Å². The third-order valence-corrected chi connectivity index (χ3v) is 5.58. The number of ether oxygens (including phenoxy) is 1. The van der Waals surface area contributed by atoms with E-state index in [1.165, 1.54) is 24.3 Å². The summed E-state index contributed by atoms with van der Waals surface area (Å²) in [5, 5.41) is 0.218. The van der Waals surface area contributed by atoms with Gasteiger partial charge in [-0.3, -0.25) is 9.10 Å². The fourth-order valence-corrected chi connectivity index (χ4v) is 3.68. The zero-order valence-corrected chi connectivity index (χ0v) is 14.7. The standard InChI is InChI=1S/C15H12Cl2FNO4S/c1-23-15(20)9-19(11-4-2-3-10(18)7-11)24(21,22)12-5-6-13(16)14(17)8-12/h2-8H,9H2,1H3. The number of methoxy groups -OCH3 is 1. The average molecular weight is 392 g/mol. The number of carbonyl (C=O) groups excluding carboxylic acids is 1.